The van der Waals surface area contributed by atoms with Crippen molar-refractivity contribution < 1.29 is 14.3 Å². The van der Waals surface area contributed by atoms with Crippen LogP contribution >= 0.6 is 0 Å². The Bertz CT molecular complexity index is 1080. The van der Waals surface area contributed by atoms with E-state index >= 15 is 0 Å². The Labute approximate surface area is 207 Å². The van der Waals surface area contributed by atoms with Gasteiger partial charge >= 0.3 is 0 Å². The number of carbonyl (C=O) groups excluding carboxylic acids is 1. The van der Waals surface area contributed by atoms with E-state index in [0.29, 0.717) is 30.4 Å². The molecule has 1 amide bonds. The molecule has 0 heterocycles. The highest BCUT2D eigenvalue weighted by atomic mass is 16.5. The molecule has 0 unspecified atom stereocenters. The van der Waals surface area contributed by atoms with Crippen molar-refractivity contribution in [2.24, 2.45) is 4.99 Å². The molecule has 0 saturated heterocycles. The van der Waals surface area contributed by atoms with Crippen LogP contribution in [0.3, 0.4) is 0 Å². The van der Waals surface area contributed by atoms with Gasteiger partial charge in [0.15, 0.2) is 6.19 Å². The lowest BCUT2D eigenvalue weighted by molar-refractivity contribution is 0.0931. The molecule has 1 aliphatic carbocycles. The van der Waals surface area contributed by atoms with Crippen molar-refractivity contribution in [3.8, 4) is 17.7 Å². The summed E-state index contributed by atoms with van der Waals surface area (Å²) in [4.78, 5) is 17.4. The number of methoxy groups -OCH3 is 2. The topological polar surface area (TPSA) is 108 Å². The van der Waals surface area contributed by atoms with E-state index in [4.69, 9.17) is 14.7 Å². The van der Waals surface area contributed by atoms with Gasteiger partial charge < -0.3 is 20.1 Å². The van der Waals surface area contributed by atoms with E-state index in [1.807, 2.05) is 36.5 Å². The summed E-state index contributed by atoms with van der Waals surface area (Å²) in [5.41, 5.74) is 1.28. The number of amides is 1. The fraction of sp³-hybridized carbons (Fsp3) is 0.370. The van der Waals surface area contributed by atoms with Gasteiger partial charge in [-0.2, -0.15) is 5.26 Å². The van der Waals surface area contributed by atoms with Gasteiger partial charge in [-0.05, 0) is 43.9 Å². The number of rotatable bonds is 9. The molecule has 1 saturated carbocycles. The van der Waals surface area contributed by atoms with Crippen molar-refractivity contribution in [2.75, 3.05) is 27.3 Å². The van der Waals surface area contributed by atoms with Crippen LogP contribution in [0.1, 0.15) is 41.6 Å². The van der Waals surface area contributed by atoms with Crippen LogP contribution in [0, 0.1) is 11.5 Å². The molecule has 1 aliphatic rings. The van der Waals surface area contributed by atoms with Gasteiger partial charge in [-0.15, -0.1) is 6.58 Å². The van der Waals surface area contributed by atoms with E-state index in [9.17, 15) is 4.79 Å². The Morgan fingerprint density at radius 2 is 1.80 bits per heavy atom. The second kappa shape index (κ2) is 12.5. The molecule has 0 radical (unpaired) electrons. The first-order valence-corrected chi connectivity index (χ1v) is 11.7. The van der Waals surface area contributed by atoms with Crippen molar-refractivity contribution in [3.63, 3.8) is 0 Å². The fourth-order valence-corrected chi connectivity index (χ4v) is 4.64. The number of carbonyl (C=O) groups is 1. The maximum atomic E-state index is 13.1. The number of hydrogen-bond acceptors (Lipinski definition) is 5. The van der Waals surface area contributed by atoms with E-state index < -0.39 is 0 Å². The summed E-state index contributed by atoms with van der Waals surface area (Å²) < 4.78 is 11.1. The number of para-hydroxylation sites is 2. The summed E-state index contributed by atoms with van der Waals surface area (Å²) in [7, 11) is 3.23. The highest BCUT2D eigenvalue weighted by Gasteiger charge is 2.39. The molecular weight excluding hydrogens is 442 g/mol. The van der Waals surface area contributed by atoms with Crippen LogP contribution in [0.25, 0.3) is 0 Å². The molecule has 0 aliphatic heterocycles. The molecule has 1 fully saturated rings. The molecule has 2 aromatic carbocycles. The molecule has 8 nitrogen and oxygen atoms in total. The summed E-state index contributed by atoms with van der Waals surface area (Å²) in [5.74, 6) is 1.63. The van der Waals surface area contributed by atoms with Crippen LogP contribution < -0.4 is 25.4 Å². The lowest BCUT2D eigenvalue weighted by Gasteiger charge is -2.41. The third kappa shape index (κ3) is 6.33. The first-order valence-electron chi connectivity index (χ1n) is 11.7. The lowest BCUT2D eigenvalue weighted by Crippen LogP contribution is -2.49. The molecule has 3 N–H and O–H groups in total. The van der Waals surface area contributed by atoms with Crippen LogP contribution in [-0.2, 0) is 5.41 Å². The highest BCUT2D eigenvalue weighted by molar-refractivity contribution is 5.97. The van der Waals surface area contributed by atoms with E-state index in [1.54, 1.807) is 32.4 Å². The molecule has 0 spiro atoms. The second-order valence-electron chi connectivity index (χ2n) is 8.50. The zero-order valence-electron chi connectivity index (χ0n) is 20.3. The Hall–Kier alpha value is -3.99. The normalized spacial score (nSPS) is 19.7. The second-order valence-corrected chi connectivity index (χ2v) is 8.50. The van der Waals surface area contributed by atoms with Gasteiger partial charge in [0.25, 0.3) is 5.91 Å². The molecule has 0 aromatic heterocycles. The average molecular weight is 476 g/mol. The highest BCUT2D eigenvalue weighted by Crippen LogP contribution is 2.43. The van der Waals surface area contributed by atoms with Crippen molar-refractivity contribution in [1.29, 1.82) is 5.26 Å². The SMILES string of the molecule is C=CCN=C(NC#N)NC1CCC(CNC(=O)c2ccccc2OC)(c2ccccc2OC)CC1. The summed E-state index contributed by atoms with van der Waals surface area (Å²) in [5, 5.41) is 18.2. The molecule has 8 heteroatoms. The van der Waals surface area contributed by atoms with Gasteiger partial charge in [0, 0.05) is 23.6 Å². The minimum atomic E-state index is -0.302. The van der Waals surface area contributed by atoms with Gasteiger partial charge in [-0.1, -0.05) is 36.4 Å². The zero-order valence-corrected chi connectivity index (χ0v) is 20.3. The predicted octanol–water partition coefficient (Wildman–Crippen LogP) is 3.52. The minimum absolute atomic E-state index is 0.146. The molecule has 3 rings (SSSR count). The number of nitrogens with zero attached hydrogens (tertiary/aromatic N) is 2. The summed E-state index contributed by atoms with van der Waals surface area (Å²) in [6.07, 6.45) is 6.92. The third-order valence-electron chi connectivity index (χ3n) is 6.45. The van der Waals surface area contributed by atoms with Crippen molar-refractivity contribution in [1.82, 2.24) is 16.0 Å². The number of benzene rings is 2. The number of guanidine groups is 1. The monoisotopic (exact) mass is 475 g/mol. The molecular formula is C27H33N5O3. The zero-order chi connectivity index (χ0) is 25.1. The van der Waals surface area contributed by atoms with E-state index in [0.717, 1.165) is 37.0 Å². The number of nitrogens with one attached hydrogen (secondary N) is 3. The Morgan fingerprint density at radius 1 is 1.14 bits per heavy atom. The first kappa shape index (κ1) is 25.6. The smallest absolute Gasteiger partial charge is 0.255 e. The quantitative estimate of drug-likeness (QED) is 0.168. The lowest BCUT2D eigenvalue weighted by atomic mass is 9.67. The molecule has 184 valence electrons. The molecule has 2 aromatic rings. The van der Waals surface area contributed by atoms with E-state index in [2.05, 4.69) is 33.6 Å². The first-order chi connectivity index (χ1) is 17.1. The van der Waals surface area contributed by atoms with Gasteiger partial charge in [-0.3, -0.25) is 10.1 Å². The fourth-order valence-electron chi connectivity index (χ4n) is 4.64. The van der Waals surface area contributed by atoms with Gasteiger partial charge in [0.2, 0.25) is 5.96 Å². The molecule has 35 heavy (non-hydrogen) atoms. The van der Waals surface area contributed by atoms with Crippen molar-refractivity contribution in [2.45, 2.75) is 37.1 Å². The van der Waals surface area contributed by atoms with E-state index in [-0.39, 0.29) is 17.4 Å². The van der Waals surface area contributed by atoms with Gasteiger partial charge in [0.1, 0.15) is 11.5 Å². The van der Waals surface area contributed by atoms with E-state index in [1.165, 1.54) is 0 Å². The minimum Gasteiger partial charge on any atom is -0.496 e. The average Bonchev–Trinajstić information content (AvgIpc) is 2.91. The third-order valence-corrected chi connectivity index (χ3v) is 6.45. The maximum Gasteiger partial charge on any atom is 0.255 e. The number of aliphatic imine (C=N–C) groups is 1. The van der Waals surface area contributed by atoms with Crippen molar-refractivity contribution >= 4 is 11.9 Å². The number of ether oxygens (including phenoxy) is 2. The maximum absolute atomic E-state index is 13.1. The van der Waals surface area contributed by atoms with Gasteiger partial charge in [-0.25, -0.2) is 4.99 Å². The Morgan fingerprint density at radius 3 is 2.46 bits per heavy atom. The standard InChI is InChI=1S/C27H33N5O3/c1-4-17-29-26(31-19-28)32-20-13-15-27(16-14-20,22-10-6-8-12-24(22)35-3)18-30-25(33)21-9-5-7-11-23(21)34-2/h4-12,20H,1,13-18H2,2-3H3,(H,30,33)(H2,29,31,32). The van der Waals surface area contributed by atoms with Crippen LogP contribution in [-0.4, -0.2) is 45.2 Å². The summed E-state index contributed by atoms with van der Waals surface area (Å²) in [6.45, 7) is 4.56. The summed E-state index contributed by atoms with van der Waals surface area (Å²) >= 11 is 0. The Balaban J connectivity index is 1.80. The Kier molecular flexibility index (Phi) is 9.13. The predicted molar refractivity (Wildman–Crippen MR) is 137 cm³/mol. The molecule has 0 atom stereocenters. The number of nitriles is 1. The van der Waals surface area contributed by atoms with Crippen molar-refractivity contribution in [3.05, 3.63) is 72.3 Å². The number of hydrogen-bond donors (Lipinski definition) is 3. The summed E-state index contributed by atoms with van der Waals surface area (Å²) in [6, 6.07) is 15.3. The molecule has 0 bridgehead atoms. The van der Waals surface area contributed by atoms with Crippen LogP contribution in [0.2, 0.25) is 0 Å². The van der Waals surface area contributed by atoms with Crippen LogP contribution in [0.4, 0.5) is 0 Å². The van der Waals surface area contributed by atoms with Crippen LogP contribution in [0.5, 0.6) is 11.5 Å². The van der Waals surface area contributed by atoms with Gasteiger partial charge in [0.05, 0.1) is 26.3 Å². The van der Waals surface area contributed by atoms with Crippen LogP contribution in [0.15, 0.2) is 66.2 Å². The largest absolute Gasteiger partial charge is 0.496 e.